The minimum atomic E-state index is -0.0509. The summed E-state index contributed by atoms with van der Waals surface area (Å²) in [7, 11) is 0. The van der Waals surface area contributed by atoms with E-state index < -0.39 is 0 Å². The van der Waals surface area contributed by atoms with E-state index in [0.29, 0.717) is 10.8 Å². The van der Waals surface area contributed by atoms with Crippen LogP contribution in [-0.4, -0.2) is 12.1 Å². The highest BCUT2D eigenvalue weighted by Gasteiger charge is 2.78. The quantitative estimate of drug-likeness (QED) is 0.580. The van der Waals surface area contributed by atoms with Crippen molar-refractivity contribution in [2.75, 3.05) is 6.54 Å². The molecule has 0 aromatic rings. The molecule has 70 valence electrons. The summed E-state index contributed by atoms with van der Waals surface area (Å²) in [6.45, 7) is 5.95. The molecule has 0 spiro atoms. The zero-order valence-electron chi connectivity index (χ0n) is 8.43. The summed E-state index contributed by atoms with van der Waals surface area (Å²) in [5, 5.41) is 11.7. The summed E-state index contributed by atoms with van der Waals surface area (Å²) in [5.74, 6) is 0.835. The van der Waals surface area contributed by atoms with Crippen LogP contribution < -0.4 is 5.32 Å². The molecule has 0 aromatic heterocycles. The van der Waals surface area contributed by atoms with E-state index in [0.717, 1.165) is 12.3 Å². The molecule has 3 rings (SSSR count). The highest BCUT2D eigenvalue weighted by atomic mass is 15.1. The second-order valence-corrected chi connectivity index (χ2v) is 5.68. The topological polar surface area (TPSA) is 40.4 Å². The molecule has 2 saturated carbocycles. The Kier molecular flexibility index (Phi) is 1.07. The Bertz CT molecular complexity index is 319. The van der Waals surface area contributed by atoms with Gasteiger partial charge in [-0.2, -0.15) is 5.26 Å². The number of rotatable bonds is 0. The lowest BCUT2D eigenvalue weighted by Crippen LogP contribution is -2.96. The molecular weight excluding hydrogens is 160 g/mol. The molecule has 13 heavy (non-hydrogen) atoms. The third-order valence-corrected chi connectivity index (χ3v) is 5.78. The highest BCUT2D eigenvalue weighted by Crippen LogP contribution is 2.70. The number of quaternary nitrogens is 1. The van der Waals surface area contributed by atoms with Crippen LogP contribution in [0.2, 0.25) is 0 Å². The van der Waals surface area contributed by atoms with Gasteiger partial charge in [0.1, 0.15) is 6.07 Å². The van der Waals surface area contributed by atoms with E-state index in [1.807, 2.05) is 0 Å². The van der Waals surface area contributed by atoms with E-state index in [1.54, 1.807) is 0 Å². The van der Waals surface area contributed by atoms with Gasteiger partial charge in [0, 0.05) is 17.3 Å². The lowest BCUT2D eigenvalue weighted by Gasteiger charge is -2.33. The number of piperidine rings is 1. The Balaban J connectivity index is 2.21. The van der Waals surface area contributed by atoms with Gasteiger partial charge < -0.3 is 5.32 Å². The summed E-state index contributed by atoms with van der Waals surface area (Å²) in [6.07, 6.45) is 3.79. The van der Waals surface area contributed by atoms with Crippen molar-refractivity contribution in [2.45, 2.75) is 38.6 Å². The van der Waals surface area contributed by atoms with E-state index in [4.69, 9.17) is 0 Å². The predicted octanol–water partition coefficient (Wildman–Crippen LogP) is 0.652. The average molecular weight is 177 g/mol. The van der Waals surface area contributed by atoms with Gasteiger partial charge in [0.15, 0.2) is 5.54 Å². The molecule has 2 nitrogen and oxygen atoms in total. The Labute approximate surface area is 79.3 Å². The molecule has 0 amide bonds. The SMILES string of the molecule is C[C@]12CC[C@H]3C[C@@]1(C#N)[NH2+]C[C@@]32C. The minimum absolute atomic E-state index is 0.0509. The van der Waals surface area contributed by atoms with E-state index in [2.05, 4.69) is 25.2 Å². The number of nitriles is 1. The Hall–Kier alpha value is -0.550. The van der Waals surface area contributed by atoms with Gasteiger partial charge in [-0.3, -0.25) is 0 Å². The van der Waals surface area contributed by atoms with Crippen molar-refractivity contribution in [2.24, 2.45) is 16.7 Å². The Morgan fingerprint density at radius 1 is 1.46 bits per heavy atom. The van der Waals surface area contributed by atoms with Gasteiger partial charge in [0.05, 0.1) is 6.54 Å². The lowest BCUT2D eigenvalue weighted by atomic mass is 9.66. The maximum absolute atomic E-state index is 9.36. The molecular formula is C11H17N2+. The van der Waals surface area contributed by atoms with E-state index in [1.165, 1.54) is 19.4 Å². The van der Waals surface area contributed by atoms with Crippen molar-refractivity contribution in [3.05, 3.63) is 0 Å². The van der Waals surface area contributed by atoms with Crippen molar-refractivity contribution < 1.29 is 5.32 Å². The van der Waals surface area contributed by atoms with Crippen LogP contribution in [0.3, 0.4) is 0 Å². The van der Waals surface area contributed by atoms with Crippen molar-refractivity contribution in [1.82, 2.24) is 0 Å². The van der Waals surface area contributed by atoms with Crippen LogP contribution >= 0.6 is 0 Å². The highest BCUT2D eigenvalue weighted by molar-refractivity contribution is 5.28. The predicted molar refractivity (Wildman–Crippen MR) is 48.7 cm³/mol. The second kappa shape index (κ2) is 1.79. The molecule has 3 aliphatic rings. The fourth-order valence-electron chi connectivity index (χ4n) is 4.49. The van der Waals surface area contributed by atoms with Gasteiger partial charge in [0.25, 0.3) is 0 Å². The van der Waals surface area contributed by atoms with Crippen molar-refractivity contribution in [3.63, 3.8) is 0 Å². The molecule has 4 atom stereocenters. The Morgan fingerprint density at radius 2 is 2.23 bits per heavy atom. The smallest absolute Gasteiger partial charge is 0.189 e. The van der Waals surface area contributed by atoms with Crippen LogP contribution in [0.15, 0.2) is 0 Å². The normalized spacial score (nSPS) is 62.7. The van der Waals surface area contributed by atoms with E-state index in [9.17, 15) is 5.26 Å². The molecule has 0 radical (unpaired) electrons. The fraction of sp³-hybridized carbons (Fsp3) is 0.909. The molecule has 0 aromatic carbocycles. The van der Waals surface area contributed by atoms with Gasteiger partial charge in [-0.1, -0.05) is 13.8 Å². The summed E-state index contributed by atoms with van der Waals surface area (Å²) in [5.41, 5.74) is 0.715. The first-order chi connectivity index (χ1) is 6.08. The van der Waals surface area contributed by atoms with Gasteiger partial charge in [-0.05, 0) is 18.8 Å². The summed E-state index contributed by atoms with van der Waals surface area (Å²) < 4.78 is 0. The molecule has 2 N–H and O–H groups in total. The summed E-state index contributed by atoms with van der Waals surface area (Å²) in [4.78, 5) is 0. The fourth-order valence-corrected chi connectivity index (χ4v) is 4.49. The first-order valence-corrected chi connectivity index (χ1v) is 5.34. The van der Waals surface area contributed by atoms with Gasteiger partial charge in [-0.15, -0.1) is 0 Å². The third-order valence-electron chi connectivity index (χ3n) is 5.78. The lowest BCUT2D eigenvalue weighted by molar-refractivity contribution is -0.713. The molecule has 1 heterocycles. The summed E-state index contributed by atoms with van der Waals surface area (Å²) >= 11 is 0. The number of nitrogens with zero attached hydrogens (tertiary/aromatic N) is 1. The molecule has 1 aliphatic heterocycles. The van der Waals surface area contributed by atoms with Gasteiger partial charge in [0.2, 0.25) is 0 Å². The van der Waals surface area contributed by atoms with E-state index in [-0.39, 0.29) is 5.54 Å². The van der Waals surface area contributed by atoms with Crippen LogP contribution in [0.25, 0.3) is 0 Å². The molecule has 4 bridgehead atoms. The van der Waals surface area contributed by atoms with Crippen LogP contribution in [0.4, 0.5) is 0 Å². The minimum Gasteiger partial charge on any atom is -0.329 e. The second-order valence-electron chi connectivity index (χ2n) is 5.68. The molecule has 1 saturated heterocycles. The molecule has 0 unspecified atom stereocenters. The number of hydrogen-bond donors (Lipinski definition) is 1. The van der Waals surface area contributed by atoms with Crippen LogP contribution in [0.1, 0.15) is 33.1 Å². The molecule has 3 fully saturated rings. The molecule has 2 aliphatic carbocycles. The molecule has 2 heteroatoms. The summed E-state index contributed by atoms with van der Waals surface area (Å²) in [6, 6.07) is 2.61. The van der Waals surface area contributed by atoms with Crippen LogP contribution in [-0.2, 0) is 0 Å². The van der Waals surface area contributed by atoms with Crippen molar-refractivity contribution >= 4 is 0 Å². The van der Waals surface area contributed by atoms with Crippen LogP contribution in [0, 0.1) is 28.1 Å². The standard InChI is InChI=1S/C11H16N2/c1-9-7-13-11(6-12)5-8(9)3-4-10(9,11)2/h8,13H,3-5,7H2,1-2H3/p+1/t8-,9-,10+,11-/m0/s1. The van der Waals surface area contributed by atoms with Crippen molar-refractivity contribution in [3.8, 4) is 6.07 Å². The van der Waals surface area contributed by atoms with Crippen LogP contribution in [0.5, 0.6) is 0 Å². The first-order valence-electron chi connectivity index (χ1n) is 5.34. The number of hydrogen-bond acceptors (Lipinski definition) is 1. The van der Waals surface area contributed by atoms with Gasteiger partial charge >= 0.3 is 0 Å². The Morgan fingerprint density at radius 3 is 2.69 bits per heavy atom. The zero-order chi connectivity index (χ0) is 9.32. The number of nitrogens with two attached hydrogens (primary N) is 1. The maximum Gasteiger partial charge on any atom is 0.189 e. The van der Waals surface area contributed by atoms with Crippen molar-refractivity contribution in [1.29, 1.82) is 5.26 Å². The maximum atomic E-state index is 9.36. The van der Waals surface area contributed by atoms with Gasteiger partial charge in [-0.25, -0.2) is 0 Å². The average Bonchev–Trinajstić information content (AvgIpc) is 2.58. The van der Waals surface area contributed by atoms with E-state index >= 15 is 0 Å². The zero-order valence-corrected chi connectivity index (χ0v) is 8.43. The largest absolute Gasteiger partial charge is 0.329 e. The monoisotopic (exact) mass is 177 g/mol. The third kappa shape index (κ3) is 0.518. The first kappa shape index (κ1) is 7.82.